The van der Waals surface area contributed by atoms with Crippen LogP contribution in [0.15, 0.2) is 16.5 Å². The molecule has 1 aliphatic carbocycles. The van der Waals surface area contributed by atoms with Crippen molar-refractivity contribution < 1.29 is 14.0 Å². The largest absolute Gasteiger partial charge is 0.464 e. The number of nitrogens with one attached hydrogen (secondary N) is 2. The molecule has 0 saturated heterocycles. The smallest absolute Gasteiger partial charge is 0.243 e. The Morgan fingerprint density at radius 2 is 1.90 bits per heavy atom. The monoisotopic (exact) mass is 292 g/mol. The summed E-state index contributed by atoms with van der Waals surface area (Å²) in [6.45, 7) is 5.21. The maximum atomic E-state index is 12.5. The van der Waals surface area contributed by atoms with E-state index in [1.54, 1.807) is 0 Å². The second-order valence-corrected chi connectivity index (χ2v) is 5.90. The summed E-state index contributed by atoms with van der Waals surface area (Å²) < 4.78 is 5.53. The van der Waals surface area contributed by atoms with Crippen molar-refractivity contribution in [3.63, 3.8) is 0 Å². The van der Waals surface area contributed by atoms with Gasteiger partial charge in [0, 0.05) is 6.92 Å². The maximum Gasteiger partial charge on any atom is 0.243 e. The Balaban J connectivity index is 2.01. The van der Waals surface area contributed by atoms with Crippen LogP contribution in [0.25, 0.3) is 0 Å². The van der Waals surface area contributed by atoms with Gasteiger partial charge in [0.15, 0.2) is 0 Å². The molecule has 5 heteroatoms. The number of aryl methyl sites for hydroxylation is 1. The molecule has 1 heterocycles. The molecule has 0 aromatic carbocycles. The van der Waals surface area contributed by atoms with E-state index in [2.05, 4.69) is 10.6 Å². The highest BCUT2D eigenvalue weighted by atomic mass is 16.3. The fourth-order valence-corrected chi connectivity index (χ4v) is 2.97. The molecule has 2 amide bonds. The standard InChI is InChI=1S/C16H24N2O3/c1-10-8-9-14(21-10)11(2)17-16(20)15(18-12(3)19)13-6-4-5-7-13/h8-9,11,13,15H,4-7H2,1-3H3,(H,17,20)(H,18,19). The first kappa shape index (κ1) is 15.6. The molecule has 1 fully saturated rings. The van der Waals surface area contributed by atoms with E-state index >= 15 is 0 Å². The first-order valence-corrected chi connectivity index (χ1v) is 7.61. The number of hydrogen-bond donors (Lipinski definition) is 2. The van der Waals surface area contributed by atoms with E-state index in [4.69, 9.17) is 4.42 Å². The lowest BCUT2D eigenvalue weighted by atomic mass is 9.97. The van der Waals surface area contributed by atoms with Crippen molar-refractivity contribution in [1.82, 2.24) is 10.6 Å². The van der Waals surface area contributed by atoms with Gasteiger partial charge >= 0.3 is 0 Å². The molecule has 2 rings (SSSR count). The van der Waals surface area contributed by atoms with Gasteiger partial charge in [0.05, 0.1) is 6.04 Å². The molecule has 1 aliphatic rings. The highest BCUT2D eigenvalue weighted by molar-refractivity contribution is 5.87. The number of hydrogen-bond acceptors (Lipinski definition) is 3. The topological polar surface area (TPSA) is 71.3 Å². The van der Waals surface area contributed by atoms with Crippen molar-refractivity contribution >= 4 is 11.8 Å². The van der Waals surface area contributed by atoms with Crippen molar-refractivity contribution in [2.24, 2.45) is 5.92 Å². The Morgan fingerprint density at radius 1 is 1.24 bits per heavy atom. The summed E-state index contributed by atoms with van der Waals surface area (Å²) in [7, 11) is 0. The Kier molecular flexibility index (Phi) is 5.04. The summed E-state index contributed by atoms with van der Waals surface area (Å²) >= 11 is 0. The third-order valence-corrected chi connectivity index (χ3v) is 4.06. The normalized spacial score (nSPS) is 18.2. The van der Waals surface area contributed by atoms with Gasteiger partial charge in [-0.15, -0.1) is 0 Å². The van der Waals surface area contributed by atoms with Gasteiger partial charge in [-0.1, -0.05) is 12.8 Å². The van der Waals surface area contributed by atoms with Crippen LogP contribution < -0.4 is 10.6 Å². The Bertz CT molecular complexity index is 503. The Hall–Kier alpha value is -1.78. The first-order chi connectivity index (χ1) is 9.97. The average molecular weight is 292 g/mol. The van der Waals surface area contributed by atoms with Crippen LogP contribution in [0.1, 0.15) is 57.1 Å². The highest BCUT2D eigenvalue weighted by Crippen LogP contribution is 2.28. The van der Waals surface area contributed by atoms with Crippen LogP contribution in [0, 0.1) is 12.8 Å². The fraction of sp³-hybridized carbons (Fsp3) is 0.625. The van der Waals surface area contributed by atoms with E-state index < -0.39 is 6.04 Å². The number of amides is 2. The van der Waals surface area contributed by atoms with Gasteiger partial charge in [-0.05, 0) is 44.7 Å². The summed E-state index contributed by atoms with van der Waals surface area (Å²) in [6, 6.07) is 3.09. The molecule has 2 atom stereocenters. The van der Waals surface area contributed by atoms with Crippen LogP contribution in [-0.4, -0.2) is 17.9 Å². The van der Waals surface area contributed by atoms with E-state index in [0.717, 1.165) is 37.2 Å². The van der Waals surface area contributed by atoms with Gasteiger partial charge in [0.1, 0.15) is 17.6 Å². The van der Waals surface area contributed by atoms with Crippen molar-refractivity contribution in [2.45, 2.75) is 58.5 Å². The van der Waals surface area contributed by atoms with E-state index in [0.29, 0.717) is 0 Å². The average Bonchev–Trinajstić information content (AvgIpc) is 3.06. The second kappa shape index (κ2) is 6.78. The van der Waals surface area contributed by atoms with E-state index in [1.807, 2.05) is 26.0 Å². The molecule has 0 bridgehead atoms. The Labute approximate surface area is 125 Å². The zero-order valence-corrected chi connectivity index (χ0v) is 12.9. The van der Waals surface area contributed by atoms with E-state index in [1.165, 1.54) is 6.92 Å². The minimum atomic E-state index is -0.441. The predicted octanol–water partition coefficient (Wildman–Crippen LogP) is 2.46. The van der Waals surface area contributed by atoms with Gasteiger partial charge in [0.25, 0.3) is 0 Å². The van der Waals surface area contributed by atoms with E-state index in [-0.39, 0.29) is 23.8 Å². The molecule has 1 saturated carbocycles. The maximum absolute atomic E-state index is 12.5. The number of furan rings is 1. The summed E-state index contributed by atoms with van der Waals surface area (Å²) in [4.78, 5) is 23.9. The third kappa shape index (κ3) is 4.09. The molecule has 2 unspecified atom stereocenters. The Morgan fingerprint density at radius 3 is 2.43 bits per heavy atom. The van der Waals surface area contributed by atoms with Crippen LogP contribution in [0.2, 0.25) is 0 Å². The molecular formula is C16H24N2O3. The second-order valence-electron chi connectivity index (χ2n) is 5.90. The predicted molar refractivity (Wildman–Crippen MR) is 79.6 cm³/mol. The highest BCUT2D eigenvalue weighted by Gasteiger charge is 2.32. The van der Waals surface area contributed by atoms with Crippen molar-refractivity contribution in [3.8, 4) is 0 Å². The van der Waals surface area contributed by atoms with E-state index in [9.17, 15) is 9.59 Å². The van der Waals surface area contributed by atoms with Gasteiger partial charge in [-0.2, -0.15) is 0 Å². The molecule has 0 aliphatic heterocycles. The lowest BCUT2D eigenvalue weighted by Crippen LogP contribution is -2.50. The quantitative estimate of drug-likeness (QED) is 0.875. The van der Waals surface area contributed by atoms with Crippen molar-refractivity contribution in [2.75, 3.05) is 0 Å². The SMILES string of the molecule is CC(=O)NC(C(=O)NC(C)c1ccc(C)o1)C1CCCC1. The van der Waals surface area contributed by atoms with Gasteiger partial charge < -0.3 is 15.1 Å². The number of carbonyl (C=O) groups is 2. The molecular weight excluding hydrogens is 268 g/mol. The van der Waals surface area contributed by atoms with Crippen LogP contribution >= 0.6 is 0 Å². The lowest BCUT2D eigenvalue weighted by molar-refractivity contribution is -0.130. The molecule has 21 heavy (non-hydrogen) atoms. The molecule has 1 aromatic heterocycles. The summed E-state index contributed by atoms with van der Waals surface area (Å²) in [5.41, 5.74) is 0. The molecule has 5 nitrogen and oxygen atoms in total. The molecule has 0 spiro atoms. The minimum absolute atomic E-state index is 0.126. The van der Waals surface area contributed by atoms with Crippen LogP contribution in [0.3, 0.4) is 0 Å². The van der Waals surface area contributed by atoms with Crippen LogP contribution in [0.5, 0.6) is 0 Å². The van der Waals surface area contributed by atoms with Crippen LogP contribution in [0.4, 0.5) is 0 Å². The third-order valence-electron chi connectivity index (χ3n) is 4.06. The zero-order chi connectivity index (χ0) is 15.4. The first-order valence-electron chi connectivity index (χ1n) is 7.61. The summed E-state index contributed by atoms with van der Waals surface area (Å²) in [6.07, 6.45) is 4.24. The lowest BCUT2D eigenvalue weighted by Gasteiger charge is -2.24. The van der Waals surface area contributed by atoms with Crippen molar-refractivity contribution in [3.05, 3.63) is 23.7 Å². The van der Waals surface area contributed by atoms with Crippen molar-refractivity contribution in [1.29, 1.82) is 0 Å². The zero-order valence-electron chi connectivity index (χ0n) is 12.9. The molecule has 116 valence electrons. The fourth-order valence-electron chi connectivity index (χ4n) is 2.97. The molecule has 1 aromatic rings. The summed E-state index contributed by atoms with van der Waals surface area (Å²) in [5.74, 6) is 1.50. The van der Waals surface area contributed by atoms with Gasteiger partial charge in [-0.3, -0.25) is 9.59 Å². The molecule has 0 radical (unpaired) electrons. The molecule has 2 N–H and O–H groups in total. The number of carbonyl (C=O) groups excluding carboxylic acids is 2. The summed E-state index contributed by atoms with van der Waals surface area (Å²) in [5, 5.41) is 5.75. The van der Waals surface area contributed by atoms with Gasteiger partial charge in [-0.25, -0.2) is 0 Å². The number of rotatable bonds is 5. The van der Waals surface area contributed by atoms with Gasteiger partial charge in [0.2, 0.25) is 11.8 Å². The van der Waals surface area contributed by atoms with Crippen LogP contribution in [-0.2, 0) is 9.59 Å². The minimum Gasteiger partial charge on any atom is -0.464 e.